The van der Waals surface area contributed by atoms with Crippen molar-refractivity contribution in [2.45, 2.75) is 45.5 Å². The van der Waals surface area contributed by atoms with E-state index < -0.39 is 6.04 Å². The predicted octanol–water partition coefficient (Wildman–Crippen LogP) is 5.40. The quantitative estimate of drug-likeness (QED) is 0.538. The molecule has 7 heteroatoms. The van der Waals surface area contributed by atoms with Crippen LogP contribution >= 0.6 is 35.0 Å². The summed E-state index contributed by atoms with van der Waals surface area (Å²) in [5.41, 5.74) is 4.45. The van der Waals surface area contributed by atoms with Gasteiger partial charge in [0.25, 0.3) is 0 Å². The molecule has 0 aliphatic rings. The van der Waals surface area contributed by atoms with Gasteiger partial charge in [-0.05, 0) is 43.5 Å². The van der Waals surface area contributed by atoms with Crippen LogP contribution in [0, 0.1) is 13.8 Å². The van der Waals surface area contributed by atoms with Crippen molar-refractivity contribution in [1.29, 1.82) is 0 Å². The molecule has 2 aromatic carbocycles. The fourth-order valence-corrected chi connectivity index (χ4v) is 4.58. The fraction of sp³-hybridized carbons (Fsp3) is 0.391. The topological polar surface area (TPSA) is 49.4 Å². The van der Waals surface area contributed by atoms with Gasteiger partial charge in [0, 0.05) is 19.3 Å². The molecule has 1 atom stereocenters. The van der Waals surface area contributed by atoms with E-state index in [0.717, 1.165) is 11.3 Å². The lowest BCUT2D eigenvalue weighted by molar-refractivity contribution is -0.139. The highest BCUT2D eigenvalue weighted by molar-refractivity contribution is 7.99. The van der Waals surface area contributed by atoms with E-state index in [1.165, 1.54) is 16.7 Å². The van der Waals surface area contributed by atoms with Gasteiger partial charge < -0.3 is 10.2 Å². The number of carbonyl (C=O) groups is 2. The van der Waals surface area contributed by atoms with Crippen LogP contribution < -0.4 is 5.32 Å². The summed E-state index contributed by atoms with van der Waals surface area (Å²) in [7, 11) is 1.58. The molecule has 0 aliphatic heterocycles. The van der Waals surface area contributed by atoms with Gasteiger partial charge in [-0.25, -0.2) is 0 Å². The second-order valence-electron chi connectivity index (χ2n) is 7.30. The summed E-state index contributed by atoms with van der Waals surface area (Å²) < 4.78 is 0. The van der Waals surface area contributed by atoms with Crippen molar-refractivity contribution in [3.63, 3.8) is 0 Å². The molecule has 4 nitrogen and oxygen atoms in total. The smallest absolute Gasteiger partial charge is 0.242 e. The molecule has 2 aromatic rings. The number of benzene rings is 2. The Morgan fingerprint density at radius 2 is 1.70 bits per heavy atom. The number of carbonyl (C=O) groups excluding carboxylic acids is 2. The maximum atomic E-state index is 13.1. The second kappa shape index (κ2) is 11.6. The number of thioether (sulfide) groups is 1. The number of likely N-dealkylation sites (N-methyl/N-ethyl adjacent to an activating group) is 1. The Balaban J connectivity index is 2.14. The normalized spacial score (nSPS) is 11.8. The zero-order valence-electron chi connectivity index (χ0n) is 17.8. The van der Waals surface area contributed by atoms with Gasteiger partial charge in [-0.15, -0.1) is 11.8 Å². The molecule has 0 bridgehead atoms. The van der Waals surface area contributed by atoms with Crippen LogP contribution in [0.1, 0.15) is 35.6 Å². The van der Waals surface area contributed by atoms with Gasteiger partial charge in [0.05, 0.1) is 15.8 Å². The number of hydrogen-bond acceptors (Lipinski definition) is 3. The number of halogens is 2. The van der Waals surface area contributed by atoms with Crippen LogP contribution in [-0.4, -0.2) is 35.6 Å². The summed E-state index contributed by atoms with van der Waals surface area (Å²) in [6.07, 6.45) is 0.522. The first-order valence-electron chi connectivity index (χ1n) is 9.85. The van der Waals surface area contributed by atoms with E-state index in [1.807, 2.05) is 13.0 Å². The lowest BCUT2D eigenvalue weighted by atomic mass is 10.1. The first kappa shape index (κ1) is 24.6. The standard InChI is InChI=1S/C23H28Cl2N2O2S/c1-5-21(23(29)26-4)27(12-17-6-7-19(24)20(25)11-17)22(28)14-30-13-18-9-15(2)8-16(3)10-18/h6-11,21H,5,12-14H2,1-4H3,(H,26,29)/t21-/m0/s1. The number of aryl methyl sites for hydroxylation is 2. The van der Waals surface area contributed by atoms with E-state index in [-0.39, 0.29) is 11.8 Å². The summed E-state index contributed by atoms with van der Waals surface area (Å²) in [5.74, 6) is 0.782. The summed E-state index contributed by atoms with van der Waals surface area (Å²) >= 11 is 13.7. The van der Waals surface area contributed by atoms with Crippen molar-refractivity contribution in [3.05, 3.63) is 68.7 Å². The SMILES string of the molecule is CC[C@@H](C(=O)NC)N(Cc1ccc(Cl)c(Cl)c1)C(=O)CSCc1cc(C)cc(C)c1. The van der Waals surface area contributed by atoms with Gasteiger partial charge in [-0.3, -0.25) is 9.59 Å². The molecular formula is C23H28Cl2N2O2S. The molecule has 1 N–H and O–H groups in total. The predicted molar refractivity (Wildman–Crippen MR) is 127 cm³/mol. The van der Waals surface area contributed by atoms with Crippen molar-refractivity contribution in [2.75, 3.05) is 12.8 Å². The molecule has 162 valence electrons. The van der Waals surface area contributed by atoms with Crippen LogP contribution in [0.15, 0.2) is 36.4 Å². The van der Waals surface area contributed by atoms with E-state index in [9.17, 15) is 9.59 Å². The highest BCUT2D eigenvalue weighted by atomic mass is 35.5. The van der Waals surface area contributed by atoms with Gasteiger partial charge in [0.15, 0.2) is 0 Å². The minimum atomic E-state index is -0.543. The van der Waals surface area contributed by atoms with Crippen molar-refractivity contribution >= 4 is 46.8 Å². The molecule has 0 radical (unpaired) electrons. The number of amides is 2. The molecular weight excluding hydrogens is 439 g/mol. The Bertz CT molecular complexity index is 885. The zero-order chi connectivity index (χ0) is 22.3. The van der Waals surface area contributed by atoms with Crippen molar-refractivity contribution < 1.29 is 9.59 Å². The van der Waals surface area contributed by atoms with E-state index in [4.69, 9.17) is 23.2 Å². The van der Waals surface area contributed by atoms with Crippen LogP contribution in [0.2, 0.25) is 10.0 Å². The number of rotatable bonds is 9. The van der Waals surface area contributed by atoms with E-state index in [0.29, 0.717) is 28.8 Å². The van der Waals surface area contributed by atoms with Crippen LogP contribution in [0.4, 0.5) is 0 Å². The Hall–Kier alpha value is -1.69. The highest BCUT2D eigenvalue weighted by Crippen LogP contribution is 2.24. The summed E-state index contributed by atoms with van der Waals surface area (Å²) in [6, 6.07) is 11.1. The molecule has 0 saturated carbocycles. The summed E-state index contributed by atoms with van der Waals surface area (Å²) in [4.78, 5) is 27.2. The minimum Gasteiger partial charge on any atom is -0.357 e. The molecule has 0 unspecified atom stereocenters. The Morgan fingerprint density at radius 1 is 1.03 bits per heavy atom. The first-order chi connectivity index (χ1) is 14.2. The van der Waals surface area contributed by atoms with Gasteiger partial charge in [-0.2, -0.15) is 0 Å². The first-order valence-corrected chi connectivity index (χ1v) is 11.8. The average Bonchev–Trinajstić information content (AvgIpc) is 2.69. The Kier molecular flexibility index (Phi) is 9.53. The maximum Gasteiger partial charge on any atom is 0.242 e. The molecule has 0 fully saturated rings. The third kappa shape index (κ3) is 6.93. The van der Waals surface area contributed by atoms with Gasteiger partial charge in [0.1, 0.15) is 6.04 Å². The lowest BCUT2D eigenvalue weighted by Gasteiger charge is -2.30. The number of hydrogen-bond donors (Lipinski definition) is 1. The molecule has 0 saturated heterocycles. The molecule has 2 amide bonds. The summed E-state index contributed by atoms with van der Waals surface area (Å²) in [5, 5.41) is 3.55. The third-order valence-electron chi connectivity index (χ3n) is 4.74. The Morgan fingerprint density at radius 3 is 2.27 bits per heavy atom. The molecule has 0 aliphatic carbocycles. The molecule has 2 rings (SSSR count). The molecule has 0 heterocycles. The van der Waals surface area contributed by atoms with Crippen LogP contribution in [0.25, 0.3) is 0 Å². The second-order valence-corrected chi connectivity index (χ2v) is 9.10. The van der Waals surface area contributed by atoms with E-state index in [1.54, 1.807) is 35.8 Å². The van der Waals surface area contributed by atoms with Crippen molar-refractivity contribution in [3.8, 4) is 0 Å². The molecule has 0 spiro atoms. The zero-order valence-corrected chi connectivity index (χ0v) is 20.1. The lowest BCUT2D eigenvalue weighted by Crippen LogP contribution is -2.48. The largest absolute Gasteiger partial charge is 0.357 e. The van der Waals surface area contributed by atoms with Gasteiger partial charge in [0.2, 0.25) is 11.8 Å². The van der Waals surface area contributed by atoms with Crippen LogP contribution in [0.5, 0.6) is 0 Å². The van der Waals surface area contributed by atoms with Gasteiger partial charge >= 0.3 is 0 Å². The fourth-order valence-electron chi connectivity index (χ4n) is 3.41. The molecule has 0 aromatic heterocycles. The third-order valence-corrected chi connectivity index (χ3v) is 6.47. The van der Waals surface area contributed by atoms with Crippen molar-refractivity contribution in [2.24, 2.45) is 0 Å². The van der Waals surface area contributed by atoms with Gasteiger partial charge in [-0.1, -0.05) is 65.5 Å². The van der Waals surface area contributed by atoms with Crippen LogP contribution in [0.3, 0.4) is 0 Å². The molecule has 30 heavy (non-hydrogen) atoms. The monoisotopic (exact) mass is 466 g/mol. The number of nitrogens with one attached hydrogen (secondary N) is 1. The number of nitrogens with zero attached hydrogens (tertiary/aromatic N) is 1. The maximum absolute atomic E-state index is 13.1. The average molecular weight is 467 g/mol. The minimum absolute atomic E-state index is 0.0779. The van der Waals surface area contributed by atoms with E-state index in [2.05, 4.69) is 37.4 Å². The summed E-state index contributed by atoms with van der Waals surface area (Å²) in [6.45, 7) is 6.34. The Labute approximate surface area is 193 Å². The van der Waals surface area contributed by atoms with Crippen LogP contribution in [-0.2, 0) is 21.9 Å². The highest BCUT2D eigenvalue weighted by Gasteiger charge is 2.28. The van der Waals surface area contributed by atoms with E-state index >= 15 is 0 Å². The van der Waals surface area contributed by atoms with Crippen molar-refractivity contribution in [1.82, 2.24) is 10.2 Å².